The number of nitrogens with zero attached hydrogens (tertiary/aromatic N) is 2. The molecular formula is C20H30N4O3. The molecule has 3 rings (SSSR count). The number of oxime groups is 1. The molecule has 7 nitrogen and oxygen atoms in total. The highest BCUT2D eigenvalue weighted by atomic mass is 16.6. The third kappa shape index (κ3) is 5.20. The highest BCUT2D eigenvalue weighted by molar-refractivity contribution is 5.93. The van der Waals surface area contributed by atoms with Crippen LogP contribution in [0.25, 0.3) is 0 Å². The van der Waals surface area contributed by atoms with Gasteiger partial charge in [-0.3, -0.25) is 15.6 Å². The van der Waals surface area contributed by atoms with Crippen LogP contribution in [0.15, 0.2) is 29.4 Å². The maximum Gasteiger partial charge on any atom is 0.266 e. The van der Waals surface area contributed by atoms with Crippen LogP contribution in [0.1, 0.15) is 38.2 Å². The molecule has 2 heterocycles. The van der Waals surface area contributed by atoms with Crippen molar-refractivity contribution in [1.82, 2.24) is 15.8 Å². The van der Waals surface area contributed by atoms with Crippen LogP contribution in [0, 0.1) is 0 Å². The van der Waals surface area contributed by atoms with Crippen molar-refractivity contribution in [3.8, 4) is 5.75 Å². The Balaban J connectivity index is 1.46. The molecule has 7 heteroatoms. The minimum absolute atomic E-state index is 0.0138. The third-order valence-corrected chi connectivity index (χ3v) is 5.12. The Morgan fingerprint density at radius 3 is 2.96 bits per heavy atom. The van der Waals surface area contributed by atoms with Gasteiger partial charge in [0.15, 0.2) is 0 Å². The van der Waals surface area contributed by atoms with Gasteiger partial charge in [-0.05, 0) is 30.5 Å². The van der Waals surface area contributed by atoms with Gasteiger partial charge in [-0.1, -0.05) is 30.6 Å². The fourth-order valence-electron chi connectivity index (χ4n) is 3.70. The maximum atomic E-state index is 12.7. The van der Waals surface area contributed by atoms with Gasteiger partial charge in [0.2, 0.25) is 6.10 Å². The lowest BCUT2D eigenvalue weighted by molar-refractivity contribution is -0.141. The molecule has 1 saturated heterocycles. The highest BCUT2D eigenvalue weighted by Crippen LogP contribution is 2.19. The first kappa shape index (κ1) is 19.6. The van der Waals surface area contributed by atoms with E-state index in [0.717, 1.165) is 36.3 Å². The number of likely N-dealkylation sites (N-methyl/N-ethyl adjacent to an activating group) is 1. The van der Waals surface area contributed by atoms with Gasteiger partial charge in [0.05, 0.1) is 12.8 Å². The van der Waals surface area contributed by atoms with E-state index < -0.39 is 6.10 Å². The topological polar surface area (TPSA) is 75.2 Å². The van der Waals surface area contributed by atoms with Crippen LogP contribution in [-0.2, 0) is 16.1 Å². The molecule has 0 saturated carbocycles. The first-order valence-corrected chi connectivity index (χ1v) is 9.69. The van der Waals surface area contributed by atoms with E-state index >= 15 is 0 Å². The fraction of sp³-hybridized carbons (Fsp3) is 0.600. The second-order valence-corrected chi connectivity index (χ2v) is 7.41. The lowest BCUT2D eigenvalue weighted by Crippen LogP contribution is -2.44. The van der Waals surface area contributed by atoms with Crippen LogP contribution in [0.3, 0.4) is 0 Å². The number of amides is 1. The van der Waals surface area contributed by atoms with E-state index in [2.05, 4.69) is 22.9 Å². The number of rotatable bonds is 8. The minimum Gasteiger partial charge on any atom is -0.497 e. The van der Waals surface area contributed by atoms with Crippen molar-refractivity contribution >= 4 is 11.6 Å². The zero-order valence-corrected chi connectivity index (χ0v) is 16.4. The third-order valence-electron chi connectivity index (χ3n) is 5.12. The number of methoxy groups -OCH3 is 1. The van der Waals surface area contributed by atoms with E-state index in [9.17, 15) is 4.79 Å². The predicted molar refractivity (Wildman–Crippen MR) is 105 cm³/mol. The number of nitrogens with one attached hydrogen (secondary N) is 2. The van der Waals surface area contributed by atoms with E-state index in [1.54, 1.807) is 12.0 Å². The largest absolute Gasteiger partial charge is 0.497 e. The molecule has 1 fully saturated rings. The summed E-state index contributed by atoms with van der Waals surface area (Å²) in [4.78, 5) is 19.9. The van der Waals surface area contributed by atoms with Gasteiger partial charge in [0.25, 0.3) is 5.91 Å². The molecule has 0 radical (unpaired) electrons. The summed E-state index contributed by atoms with van der Waals surface area (Å²) in [5.74, 6) is 0.804. The van der Waals surface area contributed by atoms with Crippen LogP contribution in [0.4, 0.5) is 0 Å². The van der Waals surface area contributed by atoms with Crippen molar-refractivity contribution in [3.63, 3.8) is 0 Å². The minimum atomic E-state index is -0.517. The molecular weight excluding hydrogens is 344 g/mol. The lowest BCUT2D eigenvalue weighted by atomic mass is 10.0. The van der Waals surface area contributed by atoms with Crippen LogP contribution in [-0.4, -0.2) is 55.4 Å². The van der Waals surface area contributed by atoms with Gasteiger partial charge >= 0.3 is 0 Å². The zero-order chi connectivity index (χ0) is 19.2. The molecule has 0 bridgehead atoms. The normalized spacial score (nSPS) is 24.4. The molecule has 148 valence electrons. The van der Waals surface area contributed by atoms with Crippen LogP contribution in [0.5, 0.6) is 5.75 Å². The molecule has 2 aliphatic heterocycles. The maximum absolute atomic E-state index is 12.7. The molecule has 2 aliphatic rings. The van der Waals surface area contributed by atoms with Gasteiger partial charge < -0.3 is 14.5 Å². The lowest BCUT2D eigenvalue weighted by Gasteiger charge is -2.23. The Kier molecular flexibility index (Phi) is 6.68. The first-order chi connectivity index (χ1) is 13.1. The number of hydrogen-bond donors (Lipinski definition) is 2. The van der Waals surface area contributed by atoms with Gasteiger partial charge in [-0.25, -0.2) is 0 Å². The van der Waals surface area contributed by atoms with Gasteiger partial charge in [0.1, 0.15) is 5.75 Å². The van der Waals surface area contributed by atoms with Crippen molar-refractivity contribution in [1.29, 1.82) is 0 Å². The smallest absolute Gasteiger partial charge is 0.266 e. The molecule has 0 spiro atoms. The molecule has 0 aromatic heterocycles. The summed E-state index contributed by atoms with van der Waals surface area (Å²) >= 11 is 0. The van der Waals surface area contributed by atoms with Gasteiger partial charge in [-0.2, -0.15) is 0 Å². The zero-order valence-electron chi connectivity index (χ0n) is 16.4. The highest BCUT2D eigenvalue weighted by Gasteiger charge is 2.32. The SMILES string of the molecule is CCCC1CC(CN(C)C(=O)C2CC(Cc3cccc(OC)c3)=NO2)NN1. The summed E-state index contributed by atoms with van der Waals surface area (Å²) in [5.41, 5.74) is 8.59. The van der Waals surface area contributed by atoms with Gasteiger partial charge in [-0.15, -0.1) is 0 Å². The molecule has 2 N–H and O–H groups in total. The average molecular weight is 374 g/mol. The van der Waals surface area contributed by atoms with Crippen molar-refractivity contribution in [2.45, 2.75) is 57.2 Å². The molecule has 3 atom stereocenters. The Morgan fingerprint density at radius 2 is 2.19 bits per heavy atom. The van der Waals surface area contributed by atoms with Crippen molar-refractivity contribution in [3.05, 3.63) is 29.8 Å². The summed E-state index contributed by atoms with van der Waals surface area (Å²) in [6.07, 6.45) is 4.02. The van der Waals surface area contributed by atoms with E-state index in [-0.39, 0.29) is 11.9 Å². The first-order valence-electron chi connectivity index (χ1n) is 9.69. The average Bonchev–Trinajstić information content (AvgIpc) is 3.31. The van der Waals surface area contributed by atoms with E-state index in [0.29, 0.717) is 25.4 Å². The number of benzene rings is 1. The fourth-order valence-corrected chi connectivity index (χ4v) is 3.70. The molecule has 0 aliphatic carbocycles. The Bertz CT molecular complexity index is 679. The number of ether oxygens (including phenoxy) is 1. The van der Waals surface area contributed by atoms with Gasteiger partial charge in [0, 0.05) is 38.5 Å². The summed E-state index contributed by atoms with van der Waals surface area (Å²) in [6, 6.07) is 8.63. The molecule has 1 amide bonds. The number of carbonyl (C=O) groups is 1. The Hall–Kier alpha value is -2.12. The van der Waals surface area contributed by atoms with Crippen LogP contribution < -0.4 is 15.6 Å². The molecule has 27 heavy (non-hydrogen) atoms. The monoisotopic (exact) mass is 374 g/mol. The second-order valence-electron chi connectivity index (χ2n) is 7.41. The molecule has 3 unspecified atom stereocenters. The number of hydrogen-bond acceptors (Lipinski definition) is 6. The Morgan fingerprint density at radius 1 is 1.37 bits per heavy atom. The van der Waals surface area contributed by atoms with E-state index in [1.807, 2.05) is 31.3 Å². The van der Waals surface area contributed by atoms with Crippen molar-refractivity contribution < 1.29 is 14.4 Å². The summed E-state index contributed by atoms with van der Waals surface area (Å²) in [5, 5.41) is 4.14. The quantitative estimate of drug-likeness (QED) is 0.727. The standard InChI is InChI=1S/C20H30N4O3/c1-4-6-15-11-17(22-21-15)13-24(2)20(25)19-12-16(23-27-19)9-14-7-5-8-18(10-14)26-3/h5,7-8,10,15,17,19,21-22H,4,6,9,11-13H2,1-3H3. The number of carbonyl (C=O) groups excluding carboxylic acids is 1. The Labute approximate surface area is 161 Å². The van der Waals surface area contributed by atoms with Crippen LogP contribution >= 0.6 is 0 Å². The van der Waals surface area contributed by atoms with E-state index in [1.165, 1.54) is 0 Å². The van der Waals surface area contributed by atoms with E-state index in [4.69, 9.17) is 9.57 Å². The second kappa shape index (κ2) is 9.19. The molecule has 1 aromatic rings. The summed E-state index contributed by atoms with van der Waals surface area (Å²) < 4.78 is 5.25. The summed E-state index contributed by atoms with van der Waals surface area (Å²) in [7, 11) is 3.49. The van der Waals surface area contributed by atoms with Crippen molar-refractivity contribution in [2.24, 2.45) is 5.16 Å². The summed E-state index contributed by atoms with van der Waals surface area (Å²) in [6.45, 7) is 2.85. The number of hydrazine groups is 1. The predicted octanol–water partition coefficient (Wildman–Crippen LogP) is 1.88. The van der Waals surface area contributed by atoms with Crippen LogP contribution in [0.2, 0.25) is 0 Å². The molecule has 1 aromatic carbocycles. The van der Waals surface area contributed by atoms with Crippen molar-refractivity contribution in [2.75, 3.05) is 20.7 Å².